The Bertz CT molecular complexity index is 577. The Kier molecular flexibility index (Phi) is 4.73. The number of rotatable bonds is 6. The van der Waals surface area contributed by atoms with Crippen LogP contribution in [0.2, 0.25) is 0 Å². The maximum Gasteiger partial charge on any atom is 0.157 e. The lowest BCUT2D eigenvalue weighted by Gasteiger charge is -2.21. The van der Waals surface area contributed by atoms with Crippen LogP contribution in [-0.4, -0.2) is 32.5 Å². The number of nitrogens with zero attached hydrogens (tertiary/aromatic N) is 3. The minimum absolute atomic E-state index is 0.217. The van der Waals surface area contributed by atoms with Crippen molar-refractivity contribution in [1.82, 2.24) is 20.1 Å². The van der Waals surface area contributed by atoms with Crippen molar-refractivity contribution >= 4 is 11.0 Å². The molecule has 2 aromatic heterocycles. The standard InChI is InChI=1S/C15H24N4O/c1-10(2)14(5-6-20)16-8-12-7-13-11(3)18-19(4)15(13)17-9-12/h7,9-10,14,16,20H,5-6,8H2,1-4H3. The molecule has 0 bridgehead atoms. The number of fused-ring (bicyclic) bond motifs is 1. The quantitative estimate of drug-likeness (QED) is 0.844. The molecule has 2 aromatic rings. The third-order valence-corrected chi connectivity index (χ3v) is 3.73. The highest BCUT2D eigenvalue weighted by molar-refractivity contribution is 5.78. The third-order valence-electron chi connectivity index (χ3n) is 3.73. The van der Waals surface area contributed by atoms with E-state index >= 15 is 0 Å². The van der Waals surface area contributed by atoms with Crippen LogP contribution in [0.1, 0.15) is 31.5 Å². The number of hydrogen-bond donors (Lipinski definition) is 2. The number of aromatic nitrogens is 3. The summed E-state index contributed by atoms with van der Waals surface area (Å²) in [6, 6.07) is 2.47. The van der Waals surface area contributed by atoms with E-state index in [0.29, 0.717) is 12.0 Å². The van der Waals surface area contributed by atoms with Crippen LogP contribution in [0.3, 0.4) is 0 Å². The number of aliphatic hydroxyl groups is 1. The molecule has 0 aliphatic heterocycles. The predicted molar refractivity (Wildman–Crippen MR) is 80.4 cm³/mol. The zero-order chi connectivity index (χ0) is 14.7. The molecule has 1 unspecified atom stereocenters. The van der Waals surface area contributed by atoms with E-state index in [1.165, 1.54) is 0 Å². The molecule has 110 valence electrons. The van der Waals surface area contributed by atoms with Crippen LogP contribution in [0.25, 0.3) is 11.0 Å². The monoisotopic (exact) mass is 276 g/mol. The van der Waals surface area contributed by atoms with Crippen LogP contribution in [-0.2, 0) is 13.6 Å². The number of nitrogens with one attached hydrogen (secondary N) is 1. The first-order valence-corrected chi connectivity index (χ1v) is 7.15. The minimum atomic E-state index is 0.217. The van der Waals surface area contributed by atoms with Gasteiger partial charge in [-0.05, 0) is 30.9 Å². The van der Waals surface area contributed by atoms with E-state index in [4.69, 9.17) is 5.11 Å². The van der Waals surface area contributed by atoms with Gasteiger partial charge in [0.25, 0.3) is 0 Å². The summed E-state index contributed by atoms with van der Waals surface area (Å²) in [6.07, 6.45) is 2.67. The van der Waals surface area contributed by atoms with Gasteiger partial charge in [-0.3, -0.25) is 4.68 Å². The van der Waals surface area contributed by atoms with E-state index in [9.17, 15) is 0 Å². The molecule has 2 rings (SSSR count). The van der Waals surface area contributed by atoms with Gasteiger partial charge in [0.2, 0.25) is 0 Å². The van der Waals surface area contributed by atoms with E-state index in [1.807, 2.05) is 24.9 Å². The summed E-state index contributed by atoms with van der Waals surface area (Å²) >= 11 is 0. The van der Waals surface area contributed by atoms with Crippen LogP contribution in [0, 0.1) is 12.8 Å². The largest absolute Gasteiger partial charge is 0.396 e. The Morgan fingerprint density at radius 1 is 1.40 bits per heavy atom. The van der Waals surface area contributed by atoms with Crippen molar-refractivity contribution < 1.29 is 5.11 Å². The second-order valence-corrected chi connectivity index (χ2v) is 5.67. The molecule has 20 heavy (non-hydrogen) atoms. The number of aliphatic hydroxyl groups excluding tert-OH is 1. The summed E-state index contributed by atoms with van der Waals surface area (Å²) in [4.78, 5) is 4.48. The van der Waals surface area contributed by atoms with Crippen LogP contribution in [0.15, 0.2) is 12.3 Å². The first kappa shape index (κ1) is 14.9. The lowest BCUT2D eigenvalue weighted by atomic mass is 10.0. The van der Waals surface area contributed by atoms with Gasteiger partial charge in [0.15, 0.2) is 5.65 Å². The van der Waals surface area contributed by atoms with Gasteiger partial charge < -0.3 is 10.4 Å². The Labute approximate surface area is 120 Å². The molecule has 0 amide bonds. The highest BCUT2D eigenvalue weighted by Crippen LogP contribution is 2.17. The molecule has 1 atom stereocenters. The zero-order valence-corrected chi connectivity index (χ0v) is 12.7. The molecule has 0 aliphatic rings. The maximum atomic E-state index is 9.10. The summed E-state index contributed by atoms with van der Waals surface area (Å²) in [5.41, 5.74) is 3.08. The van der Waals surface area contributed by atoms with E-state index < -0.39 is 0 Å². The summed E-state index contributed by atoms with van der Waals surface area (Å²) in [5, 5.41) is 18.1. The highest BCUT2D eigenvalue weighted by atomic mass is 16.3. The SMILES string of the molecule is Cc1nn(C)c2ncc(CNC(CCO)C(C)C)cc12. The fraction of sp³-hybridized carbons (Fsp3) is 0.600. The summed E-state index contributed by atoms with van der Waals surface area (Å²) in [5.74, 6) is 0.499. The molecule has 0 aliphatic carbocycles. The van der Waals surface area contributed by atoms with Crippen molar-refractivity contribution in [3.63, 3.8) is 0 Å². The first-order valence-electron chi connectivity index (χ1n) is 7.15. The summed E-state index contributed by atoms with van der Waals surface area (Å²) in [7, 11) is 1.91. The fourth-order valence-corrected chi connectivity index (χ4v) is 2.51. The lowest BCUT2D eigenvalue weighted by Crippen LogP contribution is -2.34. The van der Waals surface area contributed by atoms with Gasteiger partial charge >= 0.3 is 0 Å². The Balaban J connectivity index is 2.11. The van der Waals surface area contributed by atoms with E-state index in [1.54, 1.807) is 0 Å². The summed E-state index contributed by atoms with van der Waals surface area (Å²) in [6.45, 7) is 7.32. The fourth-order valence-electron chi connectivity index (χ4n) is 2.51. The van der Waals surface area contributed by atoms with Gasteiger partial charge in [0, 0.05) is 37.8 Å². The van der Waals surface area contributed by atoms with Gasteiger partial charge in [-0.2, -0.15) is 5.10 Å². The molecule has 2 heterocycles. The van der Waals surface area contributed by atoms with Gasteiger partial charge in [0.1, 0.15) is 0 Å². The molecule has 2 N–H and O–H groups in total. The van der Waals surface area contributed by atoms with Gasteiger partial charge in [-0.1, -0.05) is 13.8 Å². The Morgan fingerprint density at radius 3 is 2.80 bits per heavy atom. The average Bonchev–Trinajstić information content (AvgIpc) is 2.69. The maximum absolute atomic E-state index is 9.10. The van der Waals surface area contributed by atoms with Crippen molar-refractivity contribution in [2.45, 2.75) is 39.8 Å². The number of hydrogen-bond acceptors (Lipinski definition) is 4. The van der Waals surface area contributed by atoms with Crippen LogP contribution in [0.4, 0.5) is 0 Å². The molecule has 0 saturated heterocycles. The molecule has 0 saturated carbocycles. The van der Waals surface area contributed by atoms with E-state index in [2.05, 4.69) is 35.3 Å². The molecule has 0 fully saturated rings. The Hall–Kier alpha value is -1.46. The van der Waals surface area contributed by atoms with E-state index in [0.717, 1.165) is 35.3 Å². The molecule has 5 nitrogen and oxygen atoms in total. The second-order valence-electron chi connectivity index (χ2n) is 5.67. The molecule has 0 radical (unpaired) electrons. The van der Waals surface area contributed by atoms with Crippen LogP contribution < -0.4 is 5.32 Å². The van der Waals surface area contributed by atoms with Crippen molar-refractivity contribution in [3.05, 3.63) is 23.5 Å². The average molecular weight is 276 g/mol. The normalized spacial score (nSPS) is 13.3. The molecular weight excluding hydrogens is 252 g/mol. The summed E-state index contributed by atoms with van der Waals surface area (Å²) < 4.78 is 1.81. The van der Waals surface area contributed by atoms with Crippen LogP contribution >= 0.6 is 0 Å². The van der Waals surface area contributed by atoms with Crippen molar-refractivity contribution in [1.29, 1.82) is 0 Å². The number of pyridine rings is 1. The first-order chi connectivity index (χ1) is 9.52. The third kappa shape index (κ3) is 3.16. The van der Waals surface area contributed by atoms with E-state index in [-0.39, 0.29) is 6.61 Å². The highest BCUT2D eigenvalue weighted by Gasteiger charge is 2.13. The van der Waals surface area contributed by atoms with Gasteiger partial charge in [-0.15, -0.1) is 0 Å². The lowest BCUT2D eigenvalue weighted by molar-refractivity contribution is 0.244. The minimum Gasteiger partial charge on any atom is -0.396 e. The Morgan fingerprint density at radius 2 is 2.15 bits per heavy atom. The number of aryl methyl sites for hydroxylation is 2. The van der Waals surface area contributed by atoms with Crippen molar-refractivity contribution in [2.24, 2.45) is 13.0 Å². The topological polar surface area (TPSA) is 63.0 Å². The molecule has 0 spiro atoms. The zero-order valence-electron chi connectivity index (χ0n) is 12.7. The molecule has 5 heteroatoms. The molecular formula is C15H24N4O. The predicted octanol–water partition coefficient (Wildman–Crippen LogP) is 1.77. The molecule has 0 aromatic carbocycles. The van der Waals surface area contributed by atoms with Gasteiger partial charge in [-0.25, -0.2) is 4.98 Å². The van der Waals surface area contributed by atoms with Gasteiger partial charge in [0.05, 0.1) is 5.69 Å². The van der Waals surface area contributed by atoms with Crippen molar-refractivity contribution in [2.75, 3.05) is 6.61 Å². The van der Waals surface area contributed by atoms with Crippen molar-refractivity contribution in [3.8, 4) is 0 Å². The van der Waals surface area contributed by atoms with Crippen LogP contribution in [0.5, 0.6) is 0 Å². The second kappa shape index (κ2) is 6.33. The smallest absolute Gasteiger partial charge is 0.157 e.